The Kier molecular flexibility index (Phi) is 11.7. The van der Waals surface area contributed by atoms with Crippen molar-refractivity contribution in [2.24, 2.45) is 0 Å². The molecule has 0 saturated carbocycles. The van der Waals surface area contributed by atoms with E-state index in [1.807, 2.05) is 0 Å². The third-order valence-corrected chi connectivity index (χ3v) is 8.21. The molecule has 0 spiro atoms. The molecule has 196 valence electrons. The van der Waals surface area contributed by atoms with Gasteiger partial charge in [-0.3, -0.25) is 0 Å². The highest BCUT2D eigenvalue weighted by atomic mass is 32.3. The van der Waals surface area contributed by atoms with Crippen molar-refractivity contribution < 1.29 is 83.6 Å². The van der Waals surface area contributed by atoms with Crippen molar-refractivity contribution in [1.29, 1.82) is 0 Å². The van der Waals surface area contributed by atoms with Gasteiger partial charge in [0.25, 0.3) is 25.6 Å². The fourth-order valence-corrected chi connectivity index (χ4v) is 4.37. The fraction of sp³-hybridized carbons (Fsp3) is 0.900. The average molecular weight is 562 g/mol. The maximum atomic E-state index is 12.0. The number of sulfone groups is 2. The molecule has 0 heterocycles. The van der Waals surface area contributed by atoms with Crippen molar-refractivity contribution in [3.05, 3.63) is 0 Å². The van der Waals surface area contributed by atoms with Gasteiger partial charge in [-0.05, 0) is 6.42 Å². The summed E-state index contributed by atoms with van der Waals surface area (Å²) in [4.78, 5) is 9.16. The van der Waals surface area contributed by atoms with Gasteiger partial charge in [0, 0.05) is 13.8 Å². The molecule has 22 heteroatoms. The summed E-state index contributed by atoms with van der Waals surface area (Å²) in [6.45, 7) is 0.898. The Labute approximate surface area is 174 Å². The summed E-state index contributed by atoms with van der Waals surface area (Å²) in [6, 6.07) is 0. The Morgan fingerprint density at radius 1 is 0.750 bits per heavy atom. The summed E-state index contributed by atoms with van der Waals surface area (Å²) in [5, 5.41) is 5.01. The maximum absolute atomic E-state index is 12.0. The van der Waals surface area contributed by atoms with E-state index < -0.39 is 69.0 Å². The summed E-state index contributed by atoms with van der Waals surface area (Å²) < 4.78 is 184. The van der Waals surface area contributed by atoms with Crippen LogP contribution < -0.4 is 5.11 Å². The average Bonchev–Trinajstić information content (AvgIpc) is 2.42. The lowest BCUT2D eigenvalue weighted by molar-refractivity contribution is -0.327. The van der Waals surface area contributed by atoms with E-state index >= 15 is 0 Å². The Morgan fingerprint density at radius 3 is 1.00 bits per heavy atom. The molecular formula is C10H12F10O9S3-2. The van der Waals surface area contributed by atoms with Gasteiger partial charge < -0.3 is 14.5 Å². The summed E-state index contributed by atoms with van der Waals surface area (Å²) in [5.74, 6) is -6.03. The van der Waals surface area contributed by atoms with E-state index in [9.17, 15) is 73.7 Å². The molecule has 32 heavy (non-hydrogen) atoms. The number of hydrogen-bond acceptors (Lipinski definition) is 9. The van der Waals surface area contributed by atoms with E-state index in [0.717, 1.165) is 0 Å². The van der Waals surface area contributed by atoms with Crippen LogP contribution in [0, 0.1) is 0 Å². The van der Waals surface area contributed by atoms with E-state index in [2.05, 4.69) is 0 Å². The van der Waals surface area contributed by atoms with Gasteiger partial charge in [-0.15, -0.1) is 0 Å². The highest BCUT2D eigenvalue weighted by Crippen LogP contribution is 2.37. The maximum Gasteiger partial charge on any atom is 0.498 e. The first-order chi connectivity index (χ1) is 13.4. The SMILES string of the molecule is CC(F)(F)C(=O)[O-].CC(F)(F)S(=O)(=O)[O-].CCC(S(=O)(=O)C(F)(F)F)S(=O)(=O)C(F)(F)F. The van der Waals surface area contributed by atoms with Crippen LogP contribution in [0.15, 0.2) is 0 Å². The van der Waals surface area contributed by atoms with Crippen molar-refractivity contribution in [2.45, 2.75) is 54.0 Å². The van der Waals surface area contributed by atoms with E-state index in [0.29, 0.717) is 6.92 Å². The zero-order chi connectivity index (χ0) is 27.4. The van der Waals surface area contributed by atoms with E-state index in [-0.39, 0.29) is 13.8 Å². The lowest BCUT2D eigenvalue weighted by atomic mass is 10.4. The number of carbonyl (C=O) groups excluding carboxylic acids is 1. The number of carboxylic acids is 1. The van der Waals surface area contributed by atoms with Gasteiger partial charge in [-0.25, -0.2) is 34.0 Å². The topological polar surface area (TPSA) is 166 Å². The van der Waals surface area contributed by atoms with Crippen LogP contribution >= 0.6 is 0 Å². The number of rotatable bonds is 5. The normalized spacial score (nSPS) is 14.1. The van der Waals surface area contributed by atoms with E-state index in [1.54, 1.807) is 0 Å². The van der Waals surface area contributed by atoms with Crippen LogP contribution in [0.2, 0.25) is 0 Å². The van der Waals surface area contributed by atoms with E-state index in [1.165, 1.54) is 0 Å². The number of aliphatic carboxylic acids is 1. The predicted octanol–water partition coefficient (Wildman–Crippen LogP) is 1.13. The van der Waals surface area contributed by atoms with Crippen LogP contribution in [0.3, 0.4) is 0 Å². The summed E-state index contributed by atoms with van der Waals surface area (Å²) >= 11 is 0. The first-order valence-corrected chi connectivity index (χ1v) is 11.4. The fourth-order valence-electron chi connectivity index (χ4n) is 0.904. The monoisotopic (exact) mass is 562 g/mol. The van der Waals surface area contributed by atoms with Gasteiger partial charge in [-0.1, -0.05) is 6.92 Å². The highest BCUT2D eigenvalue weighted by Gasteiger charge is 2.62. The van der Waals surface area contributed by atoms with Gasteiger partial charge in [0.1, 0.15) is 5.97 Å². The molecule has 0 aromatic rings. The Morgan fingerprint density at radius 2 is 0.938 bits per heavy atom. The van der Waals surface area contributed by atoms with Crippen molar-refractivity contribution in [3.8, 4) is 0 Å². The molecule has 0 saturated heterocycles. The highest BCUT2D eigenvalue weighted by molar-refractivity contribution is 8.09. The van der Waals surface area contributed by atoms with Crippen molar-refractivity contribution in [3.63, 3.8) is 0 Å². The van der Waals surface area contributed by atoms with Gasteiger partial charge in [-0.2, -0.15) is 35.1 Å². The van der Waals surface area contributed by atoms with E-state index in [4.69, 9.17) is 9.90 Å². The molecule has 0 aromatic carbocycles. The quantitative estimate of drug-likeness (QED) is 0.353. The Bertz CT molecular complexity index is 892. The third-order valence-electron chi connectivity index (χ3n) is 2.47. The molecule has 0 aliphatic carbocycles. The molecule has 0 N–H and O–H groups in total. The minimum Gasteiger partial charge on any atom is -0.743 e. The zero-order valence-electron chi connectivity index (χ0n) is 15.5. The van der Waals surface area contributed by atoms with Gasteiger partial charge in [0.05, 0.1) is 0 Å². The standard InChI is InChI=1S/C5H6F6O4S2.C3H4F2O2.C2H4F2O3S/c1-2-3(16(12,13)4(6,7)8)17(14,15)5(9,10)11;1-3(4,5)2(6)7;1-2(3,4)8(5,6)7/h3H,2H2,1H3;1H3,(H,6,7);1H3,(H,5,6,7)/p-2. The molecule has 0 fully saturated rings. The molecule has 0 unspecified atom stereocenters. The third kappa shape index (κ3) is 10.5. The molecular weight excluding hydrogens is 550 g/mol. The second-order valence-electron chi connectivity index (χ2n) is 5.26. The number of alkyl halides is 10. The molecule has 0 aromatic heterocycles. The lowest BCUT2D eigenvalue weighted by Crippen LogP contribution is -2.44. The van der Waals surface area contributed by atoms with Crippen LogP contribution in [-0.2, 0) is 34.6 Å². The first kappa shape index (κ1) is 35.2. The van der Waals surface area contributed by atoms with Gasteiger partial charge in [0.15, 0.2) is 14.7 Å². The number of carbonyl (C=O) groups is 1. The largest absolute Gasteiger partial charge is 0.743 e. The lowest BCUT2D eigenvalue weighted by Gasteiger charge is -2.19. The number of hydrogen-bond donors (Lipinski definition) is 0. The van der Waals surface area contributed by atoms with Crippen LogP contribution in [0.25, 0.3) is 0 Å². The smallest absolute Gasteiger partial charge is 0.498 e. The number of carboxylic acid groups (broad SMARTS) is 1. The molecule has 0 aliphatic rings. The van der Waals surface area contributed by atoms with Crippen LogP contribution in [-0.4, -0.2) is 62.6 Å². The molecule has 0 aliphatic heterocycles. The van der Waals surface area contributed by atoms with Crippen molar-refractivity contribution >= 4 is 35.8 Å². The zero-order valence-corrected chi connectivity index (χ0v) is 17.9. The second-order valence-corrected chi connectivity index (χ2v) is 11.4. The number of halogens is 10. The van der Waals surface area contributed by atoms with Crippen molar-refractivity contribution in [2.75, 3.05) is 0 Å². The predicted molar refractivity (Wildman–Crippen MR) is 80.0 cm³/mol. The van der Waals surface area contributed by atoms with Gasteiger partial charge >= 0.3 is 16.3 Å². The summed E-state index contributed by atoms with van der Waals surface area (Å²) in [5.41, 5.74) is -12.1. The molecule has 0 atom stereocenters. The Hall–Kier alpha value is -1.42. The molecule has 0 rings (SSSR count). The minimum atomic E-state index is -6.44. The summed E-state index contributed by atoms with van der Waals surface area (Å²) in [7, 11) is -18.3. The summed E-state index contributed by atoms with van der Waals surface area (Å²) in [6.07, 6.45) is -1.36. The van der Waals surface area contributed by atoms with Crippen LogP contribution in [0.1, 0.15) is 27.2 Å². The van der Waals surface area contributed by atoms with Crippen molar-refractivity contribution in [1.82, 2.24) is 0 Å². The molecule has 0 amide bonds. The van der Waals surface area contributed by atoms with Gasteiger partial charge in [0.2, 0.25) is 0 Å². The first-order valence-electron chi connectivity index (χ1n) is 6.91. The second kappa shape index (κ2) is 10.7. The van der Waals surface area contributed by atoms with Crippen LogP contribution in [0.5, 0.6) is 0 Å². The minimum absolute atomic E-state index is 0.0370. The Balaban J connectivity index is -0.000000464. The molecule has 9 nitrogen and oxygen atoms in total. The molecule has 0 radical (unpaired) electrons. The van der Waals surface area contributed by atoms with Crippen LogP contribution in [0.4, 0.5) is 43.9 Å². The molecule has 0 bridgehead atoms.